The third kappa shape index (κ3) is 5.77. The van der Waals surface area contributed by atoms with E-state index in [0.717, 1.165) is 0 Å². The van der Waals surface area contributed by atoms with Crippen molar-refractivity contribution in [1.29, 1.82) is 0 Å². The Labute approximate surface area is 177 Å². The first kappa shape index (κ1) is 23.3. The Morgan fingerprint density at radius 1 is 1.13 bits per heavy atom. The van der Waals surface area contributed by atoms with E-state index in [1.807, 2.05) is 0 Å². The number of hydrogen-bond donors (Lipinski definition) is 4. The minimum atomic E-state index is -1.70. The van der Waals surface area contributed by atoms with Crippen molar-refractivity contribution in [1.82, 2.24) is 5.32 Å². The first-order valence-electron chi connectivity index (χ1n) is 8.98. The predicted molar refractivity (Wildman–Crippen MR) is 108 cm³/mol. The number of nitrogens with one attached hydrogen (secondary N) is 1. The Kier molecular flexibility index (Phi) is 7.53. The van der Waals surface area contributed by atoms with Crippen LogP contribution in [0.2, 0.25) is 5.02 Å². The third-order valence-electron chi connectivity index (χ3n) is 4.77. The zero-order chi connectivity index (χ0) is 22.5. The van der Waals surface area contributed by atoms with Gasteiger partial charge in [0.15, 0.2) is 0 Å². The molecule has 2 atom stereocenters. The second-order valence-corrected chi connectivity index (χ2v) is 7.67. The molecule has 0 heterocycles. The van der Waals surface area contributed by atoms with Gasteiger partial charge in [-0.3, -0.25) is 9.59 Å². The SMILES string of the molecule is CC(CO)(C[C@@H](Cc1ccc(-c2cc(Cl)ccc2F)cc1)NC(=O)C(=O)O)C(=O)O. The molecule has 2 aromatic rings. The van der Waals surface area contributed by atoms with Crippen molar-refractivity contribution < 1.29 is 34.1 Å². The fourth-order valence-electron chi connectivity index (χ4n) is 3.01. The molecule has 0 aliphatic carbocycles. The van der Waals surface area contributed by atoms with E-state index < -0.39 is 41.7 Å². The molecule has 160 valence electrons. The van der Waals surface area contributed by atoms with Gasteiger partial charge in [-0.05, 0) is 49.1 Å². The van der Waals surface area contributed by atoms with Gasteiger partial charge in [-0.1, -0.05) is 35.9 Å². The monoisotopic (exact) mass is 437 g/mol. The number of aliphatic carboxylic acids is 2. The van der Waals surface area contributed by atoms with Gasteiger partial charge in [0.2, 0.25) is 0 Å². The Bertz CT molecular complexity index is 949. The number of aliphatic hydroxyl groups is 1. The molecule has 1 unspecified atom stereocenters. The van der Waals surface area contributed by atoms with Gasteiger partial charge in [0, 0.05) is 16.6 Å². The Morgan fingerprint density at radius 2 is 1.77 bits per heavy atom. The molecule has 0 saturated heterocycles. The lowest BCUT2D eigenvalue weighted by Gasteiger charge is -2.28. The first-order valence-corrected chi connectivity index (χ1v) is 9.36. The molecule has 0 spiro atoms. The number of hydrogen-bond acceptors (Lipinski definition) is 4. The number of aliphatic hydroxyl groups excluding tert-OH is 1. The van der Waals surface area contributed by atoms with Crippen LogP contribution in [-0.4, -0.2) is 45.8 Å². The molecule has 0 saturated carbocycles. The van der Waals surface area contributed by atoms with Gasteiger partial charge in [-0.15, -0.1) is 0 Å². The van der Waals surface area contributed by atoms with Crippen LogP contribution in [0, 0.1) is 11.2 Å². The number of halogens is 2. The average molecular weight is 438 g/mol. The van der Waals surface area contributed by atoms with Crippen molar-refractivity contribution in [3.8, 4) is 11.1 Å². The highest BCUT2D eigenvalue weighted by Gasteiger charge is 2.36. The van der Waals surface area contributed by atoms with Crippen LogP contribution in [-0.2, 0) is 20.8 Å². The summed E-state index contributed by atoms with van der Waals surface area (Å²) in [6.45, 7) is 0.620. The summed E-state index contributed by atoms with van der Waals surface area (Å²) in [4.78, 5) is 34.0. The molecular weight excluding hydrogens is 417 g/mol. The van der Waals surface area contributed by atoms with Gasteiger partial charge < -0.3 is 20.6 Å². The van der Waals surface area contributed by atoms with Crippen molar-refractivity contribution in [2.75, 3.05) is 6.61 Å². The first-order chi connectivity index (χ1) is 14.1. The number of carbonyl (C=O) groups is 3. The summed E-state index contributed by atoms with van der Waals surface area (Å²) >= 11 is 5.92. The van der Waals surface area contributed by atoms with Crippen LogP contribution < -0.4 is 5.32 Å². The summed E-state index contributed by atoms with van der Waals surface area (Å²) in [5.74, 6) is -4.69. The summed E-state index contributed by atoms with van der Waals surface area (Å²) in [5, 5.41) is 30.3. The van der Waals surface area contributed by atoms with Crippen LogP contribution in [0.4, 0.5) is 4.39 Å². The molecule has 7 nitrogen and oxygen atoms in total. The van der Waals surface area contributed by atoms with E-state index in [2.05, 4.69) is 5.32 Å². The normalized spacial score (nSPS) is 13.9. The Hall–Kier alpha value is -2.97. The molecule has 0 fully saturated rings. The minimum Gasteiger partial charge on any atom is -0.481 e. The summed E-state index contributed by atoms with van der Waals surface area (Å²) in [7, 11) is 0. The molecule has 0 bridgehead atoms. The van der Waals surface area contributed by atoms with Crippen molar-refractivity contribution in [3.05, 3.63) is 58.9 Å². The van der Waals surface area contributed by atoms with Gasteiger partial charge in [-0.2, -0.15) is 0 Å². The molecular formula is C21H21ClFNO6. The topological polar surface area (TPSA) is 124 Å². The molecule has 9 heteroatoms. The molecule has 0 aliphatic rings. The van der Waals surface area contributed by atoms with Gasteiger partial charge in [-0.25, -0.2) is 9.18 Å². The van der Waals surface area contributed by atoms with E-state index in [0.29, 0.717) is 21.7 Å². The second kappa shape index (κ2) is 9.69. The van der Waals surface area contributed by atoms with Crippen LogP contribution in [0.1, 0.15) is 18.9 Å². The summed E-state index contributed by atoms with van der Waals surface area (Å²) in [6, 6.07) is 9.91. The molecule has 2 rings (SSSR count). The number of benzene rings is 2. The number of carboxylic acid groups (broad SMARTS) is 2. The van der Waals surface area contributed by atoms with Gasteiger partial charge in [0.05, 0.1) is 12.0 Å². The van der Waals surface area contributed by atoms with E-state index in [9.17, 15) is 29.0 Å². The predicted octanol–water partition coefficient (Wildman–Crippen LogP) is 2.73. The van der Waals surface area contributed by atoms with E-state index in [4.69, 9.17) is 16.7 Å². The molecule has 30 heavy (non-hydrogen) atoms. The number of amides is 1. The van der Waals surface area contributed by atoms with Gasteiger partial charge in [0.1, 0.15) is 5.82 Å². The smallest absolute Gasteiger partial charge is 0.394 e. The maximum absolute atomic E-state index is 14.0. The number of carbonyl (C=O) groups excluding carboxylic acids is 1. The molecule has 0 aromatic heterocycles. The van der Waals surface area contributed by atoms with Crippen LogP contribution in [0.3, 0.4) is 0 Å². The lowest BCUT2D eigenvalue weighted by atomic mass is 9.82. The maximum atomic E-state index is 14.0. The highest BCUT2D eigenvalue weighted by Crippen LogP contribution is 2.28. The van der Waals surface area contributed by atoms with Gasteiger partial charge in [0.25, 0.3) is 0 Å². The summed E-state index contributed by atoms with van der Waals surface area (Å²) in [5.41, 5.74) is -0.0398. The van der Waals surface area contributed by atoms with Crippen LogP contribution in [0.25, 0.3) is 11.1 Å². The second-order valence-electron chi connectivity index (χ2n) is 7.23. The third-order valence-corrected chi connectivity index (χ3v) is 5.00. The molecule has 0 aliphatic heterocycles. The van der Waals surface area contributed by atoms with Crippen molar-refractivity contribution in [2.45, 2.75) is 25.8 Å². The van der Waals surface area contributed by atoms with E-state index in [1.54, 1.807) is 24.3 Å². The zero-order valence-electron chi connectivity index (χ0n) is 16.1. The average Bonchev–Trinajstić information content (AvgIpc) is 2.70. The maximum Gasteiger partial charge on any atom is 0.394 e. The number of rotatable bonds is 8. The highest BCUT2D eigenvalue weighted by atomic mass is 35.5. The number of carboxylic acids is 2. The molecule has 4 N–H and O–H groups in total. The quantitative estimate of drug-likeness (QED) is 0.471. The van der Waals surface area contributed by atoms with E-state index in [-0.39, 0.29) is 12.8 Å². The van der Waals surface area contributed by atoms with Crippen LogP contribution in [0.15, 0.2) is 42.5 Å². The van der Waals surface area contributed by atoms with E-state index >= 15 is 0 Å². The van der Waals surface area contributed by atoms with Crippen molar-refractivity contribution in [3.63, 3.8) is 0 Å². The summed E-state index contributed by atoms with van der Waals surface area (Å²) < 4.78 is 14.0. The highest BCUT2D eigenvalue weighted by molar-refractivity contribution is 6.31. The molecule has 2 aromatic carbocycles. The Balaban J connectivity index is 2.26. The van der Waals surface area contributed by atoms with Gasteiger partial charge >= 0.3 is 17.8 Å². The zero-order valence-corrected chi connectivity index (χ0v) is 16.8. The van der Waals surface area contributed by atoms with Crippen molar-refractivity contribution >= 4 is 29.4 Å². The lowest BCUT2D eigenvalue weighted by molar-refractivity contribution is -0.152. The van der Waals surface area contributed by atoms with Crippen molar-refractivity contribution in [2.24, 2.45) is 5.41 Å². The van der Waals surface area contributed by atoms with Crippen LogP contribution >= 0.6 is 11.6 Å². The summed E-state index contributed by atoms with van der Waals surface area (Å²) in [6.07, 6.45) is -0.0806. The largest absolute Gasteiger partial charge is 0.481 e. The van der Waals surface area contributed by atoms with Crippen LogP contribution in [0.5, 0.6) is 0 Å². The fourth-order valence-corrected chi connectivity index (χ4v) is 3.18. The standard InChI is InChI=1S/C21H21ClFNO6/c1-21(11-25,20(29)30)10-15(24-18(26)19(27)28)8-12-2-4-13(5-3-12)16-9-14(22)6-7-17(16)23/h2-7,9,15,25H,8,10-11H2,1H3,(H,24,26)(H,27,28)(H,29,30)/t15-,21?/m1/s1. The molecule has 0 radical (unpaired) electrons. The Morgan fingerprint density at radius 3 is 2.30 bits per heavy atom. The molecule has 1 amide bonds. The minimum absolute atomic E-state index is 0.111. The fraction of sp³-hybridized carbons (Fsp3) is 0.286. The lowest BCUT2D eigenvalue weighted by Crippen LogP contribution is -2.46. The van der Waals surface area contributed by atoms with E-state index in [1.165, 1.54) is 25.1 Å².